The van der Waals surface area contributed by atoms with E-state index in [0.29, 0.717) is 19.0 Å². The first kappa shape index (κ1) is 15.5. The van der Waals surface area contributed by atoms with Crippen LogP contribution in [0.15, 0.2) is 24.3 Å². The lowest BCUT2D eigenvalue weighted by atomic mass is 10.1. The Morgan fingerprint density at radius 2 is 1.71 bits per heavy atom. The van der Waals surface area contributed by atoms with Crippen molar-refractivity contribution >= 4 is 11.9 Å². The van der Waals surface area contributed by atoms with Gasteiger partial charge in [0.1, 0.15) is 0 Å². The number of nitrogens with one attached hydrogen (secondary N) is 1. The molecule has 0 aromatic heterocycles. The zero-order valence-corrected chi connectivity index (χ0v) is 14.0. The summed E-state index contributed by atoms with van der Waals surface area (Å²) in [6, 6.07) is 8.50. The lowest BCUT2D eigenvalue weighted by Crippen LogP contribution is -2.43. The van der Waals surface area contributed by atoms with Gasteiger partial charge >= 0.3 is 6.03 Å². The number of carbonyl (C=O) groups excluding carboxylic acids is 2. The van der Waals surface area contributed by atoms with Crippen LogP contribution in [-0.4, -0.2) is 47.9 Å². The molecule has 1 saturated carbocycles. The number of hydrogen-bond acceptors (Lipinski definition) is 2. The third kappa shape index (κ3) is 3.12. The second-order valence-electron chi connectivity index (χ2n) is 7.18. The summed E-state index contributed by atoms with van der Waals surface area (Å²) in [6.07, 6.45) is 4.96. The Balaban J connectivity index is 1.34. The summed E-state index contributed by atoms with van der Waals surface area (Å²) in [6.45, 7) is 2.82. The predicted octanol–water partition coefficient (Wildman–Crippen LogP) is 2.33. The maximum absolute atomic E-state index is 12.7. The molecule has 0 bridgehead atoms. The van der Waals surface area contributed by atoms with Gasteiger partial charge in [-0.05, 0) is 43.2 Å². The molecule has 3 aliphatic rings. The summed E-state index contributed by atoms with van der Waals surface area (Å²) in [4.78, 5) is 28.7. The van der Waals surface area contributed by atoms with E-state index >= 15 is 0 Å². The smallest absolute Gasteiger partial charge is 0.317 e. The lowest BCUT2D eigenvalue weighted by molar-refractivity contribution is -0.132. The van der Waals surface area contributed by atoms with Crippen molar-refractivity contribution in [2.75, 3.05) is 26.2 Å². The molecule has 24 heavy (non-hydrogen) atoms. The molecular formula is C19H25N3O2. The molecule has 1 N–H and O–H groups in total. The maximum atomic E-state index is 12.7. The van der Waals surface area contributed by atoms with E-state index in [2.05, 4.69) is 23.5 Å². The van der Waals surface area contributed by atoms with Crippen LogP contribution in [0.1, 0.15) is 42.9 Å². The number of amides is 3. The van der Waals surface area contributed by atoms with Crippen LogP contribution in [0.3, 0.4) is 0 Å². The molecule has 5 heteroatoms. The molecule has 0 spiro atoms. The number of urea groups is 1. The fraction of sp³-hybridized carbons (Fsp3) is 0.579. The number of aryl methyl sites for hydroxylation is 1. The Morgan fingerprint density at radius 1 is 0.958 bits per heavy atom. The van der Waals surface area contributed by atoms with Crippen LogP contribution in [0.5, 0.6) is 0 Å². The first-order chi connectivity index (χ1) is 11.7. The Kier molecular flexibility index (Phi) is 4.17. The van der Waals surface area contributed by atoms with Gasteiger partial charge < -0.3 is 15.1 Å². The zero-order valence-electron chi connectivity index (χ0n) is 14.0. The molecule has 128 valence electrons. The van der Waals surface area contributed by atoms with Crippen LogP contribution in [0.2, 0.25) is 0 Å². The molecule has 1 aliphatic heterocycles. The summed E-state index contributed by atoms with van der Waals surface area (Å²) in [5.41, 5.74) is 2.60. The van der Waals surface area contributed by atoms with Crippen molar-refractivity contribution in [3.8, 4) is 0 Å². The normalized spacial score (nSPS) is 23.6. The lowest BCUT2D eigenvalue weighted by Gasteiger charge is -2.24. The molecule has 1 atom stereocenters. The number of rotatable bonds is 2. The molecule has 4 rings (SSSR count). The van der Waals surface area contributed by atoms with Gasteiger partial charge in [-0.2, -0.15) is 0 Å². The first-order valence-electron chi connectivity index (χ1n) is 9.14. The van der Waals surface area contributed by atoms with Crippen LogP contribution in [-0.2, 0) is 11.2 Å². The van der Waals surface area contributed by atoms with Gasteiger partial charge in [-0.25, -0.2) is 4.79 Å². The number of nitrogens with zero attached hydrogens (tertiary/aromatic N) is 2. The van der Waals surface area contributed by atoms with Gasteiger partial charge in [-0.3, -0.25) is 4.79 Å². The van der Waals surface area contributed by atoms with E-state index in [1.807, 2.05) is 15.9 Å². The molecule has 1 aromatic rings. The van der Waals surface area contributed by atoms with Crippen molar-refractivity contribution < 1.29 is 9.59 Å². The van der Waals surface area contributed by atoms with E-state index in [1.165, 1.54) is 11.1 Å². The van der Waals surface area contributed by atoms with Crippen molar-refractivity contribution in [3.05, 3.63) is 35.4 Å². The second-order valence-corrected chi connectivity index (χ2v) is 7.18. The average Bonchev–Trinajstić information content (AvgIpc) is 3.40. The molecule has 1 aromatic carbocycles. The van der Waals surface area contributed by atoms with Gasteiger partial charge in [-0.15, -0.1) is 0 Å². The molecule has 1 unspecified atom stereocenters. The summed E-state index contributed by atoms with van der Waals surface area (Å²) in [5.74, 6) is 0.558. The molecule has 0 radical (unpaired) electrons. The number of carbonyl (C=O) groups is 2. The Hall–Kier alpha value is -2.04. The zero-order chi connectivity index (χ0) is 16.5. The number of hydrogen-bond donors (Lipinski definition) is 1. The predicted molar refractivity (Wildman–Crippen MR) is 91.5 cm³/mol. The van der Waals surface area contributed by atoms with E-state index in [4.69, 9.17) is 0 Å². The highest BCUT2D eigenvalue weighted by Gasteiger charge is 2.34. The molecule has 2 fully saturated rings. The number of benzene rings is 1. The standard InChI is InChI=1S/C19H25N3O2/c23-18(15-6-7-15)21-10-3-11-22(13-12-21)19(24)20-17-9-8-14-4-1-2-5-16(14)17/h1-2,4-5,15,17H,3,6-13H2,(H,20,24). The average molecular weight is 327 g/mol. The molecule has 5 nitrogen and oxygen atoms in total. The summed E-state index contributed by atoms with van der Waals surface area (Å²) >= 11 is 0. The highest BCUT2D eigenvalue weighted by Crippen LogP contribution is 2.32. The minimum atomic E-state index is 0.0115. The first-order valence-corrected chi connectivity index (χ1v) is 9.14. The monoisotopic (exact) mass is 327 g/mol. The van der Waals surface area contributed by atoms with Crippen molar-refractivity contribution in [1.82, 2.24) is 15.1 Å². The van der Waals surface area contributed by atoms with Gasteiger partial charge in [0.15, 0.2) is 0 Å². The second kappa shape index (κ2) is 6.46. The molecule has 1 heterocycles. The largest absolute Gasteiger partial charge is 0.341 e. The Morgan fingerprint density at radius 3 is 2.54 bits per heavy atom. The minimum Gasteiger partial charge on any atom is -0.341 e. The minimum absolute atomic E-state index is 0.0115. The van der Waals surface area contributed by atoms with Gasteiger partial charge in [0, 0.05) is 32.1 Å². The fourth-order valence-corrected chi connectivity index (χ4v) is 3.88. The van der Waals surface area contributed by atoms with Crippen LogP contribution in [0.25, 0.3) is 0 Å². The van der Waals surface area contributed by atoms with Crippen molar-refractivity contribution in [2.24, 2.45) is 5.92 Å². The maximum Gasteiger partial charge on any atom is 0.317 e. The van der Waals surface area contributed by atoms with Gasteiger partial charge in [0.2, 0.25) is 5.91 Å². The van der Waals surface area contributed by atoms with Gasteiger partial charge in [0.05, 0.1) is 6.04 Å². The summed E-state index contributed by atoms with van der Waals surface area (Å²) < 4.78 is 0. The van der Waals surface area contributed by atoms with E-state index in [9.17, 15) is 9.59 Å². The highest BCUT2D eigenvalue weighted by atomic mass is 16.2. The molecular weight excluding hydrogens is 302 g/mol. The van der Waals surface area contributed by atoms with Crippen molar-refractivity contribution in [2.45, 2.75) is 38.1 Å². The molecule has 1 saturated heterocycles. The van der Waals surface area contributed by atoms with Crippen LogP contribution >= 0.6 is 0 Å². The van der Waals surface area contributed by atoms with E-state index < -0.39 is 0 Å². The van der Waals surface area contributed by atoms with E-state index in [1.54, 1.807) is 0 Å². The highest BCUT2D eigenvalue weighted by molar-refractivity contribution is 5.81. The summed E-state index contributed by atoms with van der Waals surface area (Å²) in [7, 11) is 0. The summed E-state index contributed by atoms with van der Waals surface area (Å²) in [5, 5.41) is 3.20. The van der Waals surface area contributed by atoms with Gasteiger partial charge in [-0.1, -0.05) is 24.3 Å². The SMILES string of the molecule is O=C(NC1CCc2ccccc21)N1CCCN(C(=O)C2CC2)CC1. The quantitative estimate of drug-likeness (QED) is 0.906. The number of fused-ring (bicyclic) bond motifs is 1. The van der Waals surface area contributed by atoms with Crippen LogP contribution in [0, 0.1) is 5.92 Å². The van der Waals surface area contributed by atoms with Crippen LogP contribution < -0.4 is 5.32 Å². The Labute approximate surface area is 143 Å². The third-order valence-corrected chi connectivity index (χ3v) is 5.45. The van der Waals surface area contributed by atoms with E-state index in [-0.39, 0.29) is 18.0 Å². The van der Waals surface area contributed by atoms with E-state index in [0.717, 1.165) is 45.2 Å². The van der Waals surface area contributed by atoms with Gasteiger partial charge in [0.25, 0.3) is 0 Å². The third-order valence-electron chi connectivity index (χ3n) is 5.45. The van der Waals surface area contributed by atoms with Crippen LogP contribution in [0.4, 0.5) is 4.79 Å². The fourth-order valence-electron chi connectivity index (χ4n) is 3.88. The molecule has 3 amide bonds. The van der Waals surface area contributed by atoms with Crippen molar-refractivity contribution in [1.29, 1.82) is 0 Å². The molecule has 2 aliphatic carbocycles. The van der Waals surface area contributed by atoms with Crippen molar-refractivity contribution in [3.63, 3.8) is 0 Å². The topological polar surface area (TPSA) is 52.7 Å². The Bertz CT molecular complexity index is 641.